The lowest BCUT2D eigenvalue weighted by molar-refractivity contribution is 0.0849. The zero-order chi connectivity index (χ0) is 18.1. The molecule has 2 aliphatic rings. The summed E-state index contributed by atoms with van der Waals surface area (Å²) in [4.78, 5) is 13.5. The van der Waals surface area contributed by atoms with Gasteiger partial charge in [0, 0.05) is 12.0 Å². The van der Waals surface area contributed by atoms with E-state index in [0.29, 0.717) is 11.8 Å². The van der Waals surface area contributed by atoms with Gasteiger partial charge in [-0.1, -0.05) is 12.8 Å². The van der Waals surface area contributed by atoms with Gasteiger partial charge in [0.15, 0.2) is 17.4 Å². The summed E-state index contributed by atoms with van der Waals surface area (Å²) in [5.41, 5.74) is -0.0575. The van der Waals surface area contributed by atoms with Crippen LogP contribution in [-0.4, -0.2) is 21.7 Å². The van der Waals surface area contributed by atoms with E-state index in [2.05, 4.69) is 31.5 Å². The molecule has 1 aromatic carbocycles. The van der Waals surface area contributed by atoms with Crippen LogP contribution in [0.15, 0.2) is 6.07 Å². The van der Waals surface area contributed by atoms with E-state index in [0.717, 1.165) is 37.5 Å². The number of hydrogen-bond acceptors (Lipinski definition) is 3. The highest BCUT2D eigenvalue weighted by Crippen LogP contribution is 2.34. The number of carbonyl (C=O) groups excluding carboxylic acids is 1. The van der Waals surface area contributed by atoms with E-state index in [1.807, 2.05) is 0 Å². The second kappa shape index (κ2) is 7.25. The zero-order valence-corrected chi connectivity index (χ0v) is 15.0. The van der Waals surface area contributed by atoms with Gasteiger partial charge < -0.3 is 5.11 Å². The van der Waals surface area contributed by atoms with Crippen molar-refractivity contribution in [1.82, 2.24) is 4.90 Å². The molecule has 0 spiro atoms. The predicted octanol–water partition coefficient (Wildman–Crippen LogP) is 3.96. The number of hydrogen-bond donors (Lipinski definition) is 2. The fraction of sp³-hybridized carbons (Fsp3) is 0.526. The maximum atomic E-state index is 13.9. The maximum Gasteiger partial charge on any atom is 0.269 e. The van der Waals surface area contributed by atoms with Crippen LogP contribution in [0.25, 0.3) is 0 Å². The van der Waals surface area contributed by atoms with Crippen LogP contribution in [0.5, 0.6) is 5.75 Å². The van der Waals surface area contributed by atoms with Gasteiger partial charge in [-0.05, 0) is 54.9 Å². The molecule has 0 radical (unpaired) electrons. The van der Waals surface area contributed by atoms with Gasteiger partial charge in [-0.3, -0.25) is 9.69 Å². The van der Waals surface area contributed by atoms with Crippen LogP contribution in [0.1, 0.15) is 48.5 Å². The number of fused-ring (bicyclic) bond motifs is 1. The molecule has 0 bridgehead atoms. The Morgan fingerprint density at radius 2 is 2.04 bits per heavy atom. The van der Waals surface area contributed by atoms with Crippen LogP contribution < -0.4 is 0 Å². The minimum Gasteiger partial charge on any atom is -0.503 e. The molecular formula is C19H21F2NO2S. The van der Waals surface area contributed by atoms with Gasteiger partial charge in [-0.25, -0.2) is 8.78 Å². The molecule has 0 aromatic heterocycles. The second-order valence-corrected chi connectivity index (χ2v) is 7.34. The van der Waals surface area contributed by atoms with Crippen molar-refractivity contribution in [3.05, 3.63) is 28.8 Å². The van der Waals surface area contributed by atoms with Gasteiger partial charge in [0.1, 0.15) is 0 Å². The first-order valence-corrected chi connectivity index (χ1v) is 9.19. The Balaban J connectivity index is 1.68. The summed E-state index contributed by atoms with van der Waals surface area (Å²) in [6.07, 6.45) is 4.16. The van der Waals surface area contributed by atoms with E-state index >= 15 is 0 Å². The Bertz CT molecular complexity index is 748. The van der Waals surface area contributed by atoms with Gasteiger partial charge in [0.25, 0.3) is 5.91 Å². The van der Waals surface area contributed by atoms with E-state index in [1.165, 1.54) is 4.90 Å². The third kappa shape index (κ3) is 3.48. The summed E-state index contributed by atoms with van der Waals surface area (Å²) in [6, 6.07) is 3.82. The van der Waals surface area contributed by atoms with Crippen molar-refractivity contribution in [1.29, 1.82) is 0 Å². The number of nitrogens with zero attached hydrogens (tertiary/aromatic N) is 1. The van der Waals surface area contributed by atoms with E-state index in [1.54, 1.807) is 0 Å². The van der Waals surface area contributed by atoms with E-state index < -0.39 is 23.3 Å². The van der Waals surface area contributed by atoms with Crippen LogP contribution in [0.4, 0.5) is 8.78 Å². The largest absolute Gasteiger partial charge is 0.503 e. The number of rotatable bonds is 2. The Kier molecular flexibility index (Phi) is 5.24. The van der Waals surface area contributed by atoms with E-state index in [4.69, 9.17) is 0 Å². The second-order valence-electron chi connectivity index (χ2n) is 6.97. The molecule has 1 fully saturated rings. The van der Waals surface area contributed by atoms with Gasteiger partial charge >= 0.3 is 0 Å². The van der Waals surface area contributed by atoms with Crippen molar-refractivity contribution in [2.24, 2.45) is 17.8 Å². The van der Waals surface area contributed by atoms with Crippen LogP contribution in [0.2, 0.25) is 0 Å². The summed E-state index contributed by atoms with van der Waals surface area (Å²) >= 11 is 4.36. The molecule has 25 heavy (non-hydrogen) atoms. The molecule has 1 aliphatic heterocycles. The van der Waals surface area contributed by atoms with Gasteiger partial charge in [-0.2, -0.15) is 12.6 Å². The molecule has 3 rings (SSSR count). The Morgan fingerprint density at radius 1 is 1.36 bits per heavy atom. The van der Waals surface area contributed by atoms with Crippen molar-refractivity contribution in [3.8, 4) is 17.7 Å². The molecule has 1 aromatic rings. The third-order valence-electron chi connectivity index (χ3n) is 5.33. The van der Waals surface area contributed by atoms with Crippen LogP contribution in [-0.2, 0) is 6.54 Å². The SMILES string of the molecule is CC(CS)C1CCC(C#CN2Cc3cc(F)c(O)c(F)c3C2=O)CC1. The highest BCUT2D eigenvalue weighted by Gasteiger charge is 2.33. The highest BCUT2D eigenvalue weighted by molar-refractivity contribution is 7.80. The van der Waals surface area contributed by atoms with E-state index in [9.17, 15) is 18.7 Å². The molecule has 1 amide bonds. The minimum absolute atomic E-state index is 0.0430. The Morgan fingerprint density at radius 3 is 2.68 bits per heavy atom. The van der Waals surface area contributed by atoms with Crippen LogP contribution in [0, 0.1) is 41.4 Å². The molecule has 0 saturated heterocycles. The average molecular weight is 365 g/mol. The van der Waals surface area contributed by atoms with Gasteiger partial charge in [0.05, 0.1) is 12.1 Å². The molecule has 1 saturated carbocycles. The van der Waals surface area contributed by atoms with E-state index in [-0.39, 0.29) is 23.6 Å². The molecule has 1 N–H and O–H groups in total. The first kappa shape index (κ1) is 18.1. The number of phenols is 1. The third-order valence-corrected chi connectivity index (χ3v) is 5.91. The normalized spacial score (nSPS) is 23.8. The Labute approximate surface area is 151 Å². The van der Waals surface area contributed by atoms with Crippen LogP contribution >= 0.6 is 12.6 Å². The fourth-order valence-corrected chi connectivity index (χ4v) is 3.93. The van der Waals surface area contributed by atoms with Crippen molar-refractivity contribution >= 4 is 18.5 Å². The number of phenolic OH excluding ortho intramolecular Hbond substituents is 1. The number of carbonyl (C=O) groups is 1. The molecule has 1 heterocycles. The number of aromatic hydroxyl groups is 1. The minimum atomic E-state index is -1.20. The lowest BCUT2D eigenvalue weighted by Gasteiger charge is -2.29. The standard InChI is InChI=1S/C19H21F2NO2S/c1-11(10-25)13-4-2-12(3-5-13)6-7-22-9-14-8-15(20)18(23)17(21)16(14)19(22)24/h8,11-13,23,25H,2-5,9-10H2,1H3. The summed E-state index contributed by atoms with van der Waals surface area (Å²) in [5, 5.41) is 9.34. The van der Waals surface area contributed by atoms with Crippen molar-refractivity contribution in [2.75, 3.05) is 5.75 Å². The molecule has 6 heteroatoms. The number of amides is 1. The number of halogens is 2. The summed E-state index contributed by atoms with van der Waals surface area (Å²) < 4.78 is 27.4. The lowest BCUT2D eigenvalue weighted by atomic mass is 9.77. The number of benzene rings is 1. The maximum absolute atomic E-state index is 13.9. The topological polar surface area (TPSA) is 40.5 Å². The monoisotopic (exact) mass is 365 g/mol. The quantitative estimate of drug-likeness (QED) is 0.615. The fourth-order valence-electron chi connectivity index (χ4n) is 3.63. The summed E-state index contributed by atoms with van der Waals surface area (Å²) in [5.74, 6) is 1.49. The first-order valence-electron chi connectivity index (χ1n) is 8.56. The summed E-state index contributed by atoms with van der Waals surface area (Å²) in [7, 11) is 0. The van der Waals surface area contributed by atoms with Crippen molar-refractivity contribution in [2.45, 2.75) is 39.2 Å². The molecule has 134 valence electrons. The molecule has 1 atom stereocenters. The van der Waals surface area contributed by atoms with Crippen molar-refractivity contribution in [3.63, 3.8) is 0 Å². The molecule has 1 aliphatic carbocycles. The Hall–Kier alpha value is -1.74. The predicted molar refractivity (Wildman–Crippen MR) is 94.1 cm³/mol. The smallest absolute Gasteiger partial charge is 0.269 e. The average Bonchev–Trinajstić information content (AvgIpc) is 2.93. The highest BCUT2D eigenvalue weighted by atomic mass is 32.1. The van der Waals surface area contributed by atoms with Gasteiger partial charge in [0.2, 0.25) is 0 Å². The lowest BCUT2D eigenvalue weighted by Crippen LogP contribution is -2.22. The summed E-state index contributed by atoms with van der Waals surface area (Å²) in [6.45, 7) is 2.26. The van der Waals surface area contributed by atoms with Gasteiger partial charge in [-0.15, -0.1) is 0 Å². The number of thiol groups is 1. The molecule has 3 nitrogen and oxygen atoms in total. The molecule has 1 unspecified atom stereocenters. The van der Waals surface area contributed by atoms with Crippen molar-refractivity contribution < 1.29 is 18.7 Å². The zero-order valence-electron chi connectivity index (χ0n) is 14.1. The molecular weight excluding hydrogens is 344 g/mol. The first-order chi connectivity index (χ1) is 11.9. The van der Waals surface area contributed by atoms with Crippen LogP contribution in [0.3, 0.4) is 0 Å².